The first-order chi connectivity index (χ1) is 15.3. The Balaban J connectivity index is 0.00000289. The fourth-order valence-corrected chi connectivity index (χ4v) is 4.52. The van der Waals surface area contributed by atoms with Crippen LogP contribution in [0.15, 0.2) is 23.5 Å². The molecule has 1 aromatic rings. The molecule has 0 spiro atoms. The van der Waals surface area contributed by atoms with Gasteiger partial charge in [0, 0.05) is 77.9 Å². The van der Waals surface area contributed by atoms with E-state index in [1.807, 2.05) is 18.5 Å². The lowest BCUT2D eigenvalue weighted by Crippen LogP contribution is -2.53. The average Bonchev–Trinajstić information content (AvgIpc) is 3.37. The molecule has 1 N–H and O–H groups in total. The van der Waals surface area contributed by atoms with Gasteiger partial charge in [0.1, 0.15) is 6.10 Å². The fraction of sp³-hybridized carbons (Fsp3) is 0.773. The number of halogens is 1. The minimum atomic E-state index is 0. The molecule has 0 saturated carbocycles. The van der Waals surface area contributed by atoms with E-state index >= 15 is 0 Å². The Morgan fingerprint density at radius 3 is 2.59 bits per heavy atom. The average molecular weight is 559 g/mol. The van der Waals surface area contributed by atoms with Gasteiger partial charge in [0.25, 0.3) is 0 Å². The number of morpholine rings is 1. The highest BCUT2D eigenvalue weighted by molar-refractivity contribution is 14.0. The number of aliphatic imine (C=N–C) groups is 1. The van der Waals surface area contributed by atoms with Gasteiger partial charge in [0.05, 0.1) is 12.7 Å². The number of anilines is 1. The molecule has 0 bridgehead atoms. The standard InChI is InChI=1S/C22H37N7O2.HI/c1-2-23-21(29-15-17-31-20(18-29)19-6-3-16-30-19)26-9-5-10-27-11-13-28(14-12-27)22-24-7-4-8-25-22;/h4,7-8,19-20H,2-3,5-6,9-18H2,1H3,(H,23,26);1H. The summed E-state index contributed by atoms with van der Waals surface area (Å²) in [7, 11) is 0. The lowest BCUT2D eigenvalue weighted by Gasteiger charge is -2.37. The topological polar surface area (TPSA) is 78.4 Å². The number of hydrogen-bond donors (Lipinski definition) is 1. The van der Waals surface area contributed by atoms with Gasteiger partial charge in [-0.1, -0.05) is 0 Å². The molecule has 4 heterocycles. The lowest BCUT2D eigenvalue weighted by molar-refractivity contribution is -0.0817. The molecule has 0 radical (unpaired) electrons. The van der Waals surface area contributed by atoms with Crippen LogP contribution >= 0.6 is 24.0 Å². The molecular weight excluding hydrogens is 521 g/mol. The second-order valence-corrected chi connectivity index (χ2v) is 8.37. The van der Waals surface area contributed by atoms with Crippen LogP contribution in [-0.2, 0) is 9.47 Å². The van der Waals surface area contributed by atoms with E-state index in [0.717, 1.165) is 103 Å². The van der Waals surface area contributed by atoms with E-state index in [2.05, 4.69) is 36.9 Å². The normalized spacial score (nSPS) is 25.0. The first-order valence-electron chi connectivity index (χ1n) is 11.8. The molecular formula is C22H38IN7O2. The molecule has 0 aromatic carbocycles. The number of aromatic nitrogens is 2. The van der Waals surface area contributed by atoms with E-state index in [-0.39, 0.29) is 36.2 Å². The van der Waals surface area contributed by atoms with Crippen LogP contribution in [0.5, 0.6) is 0 Å². The Morgan fingerprint density at radius 2 is 1.88 bits per heavy atom. The molecule has 3 aliphatic heterocycles. The minimum Gasteiger partial charge on any atom is -0.375 e. The first kappa shape index (κ1) is 25.4. The van der Waals surface area contributed by atoms with Crippen LogP contribution in [0.1, 0.15) is 26.2 Å². The SMILES string of the molecule is CCNC(=NCCCN1CCN(c2ncccn2)CC1)N1CCOC(C2CCCO2)C1.I. The smallest absolute Gasteiger partial charge is 0.225 e. The predicted molar refractivity (Wildman–Crippen MR) is 137 cm³/mol. The maximum Gasteiger partial charge on any atom is 0.225 e. The Kier molecular flexibility index (Phi) is 10.7. The van der Waals surface area contributed by atoms with Crippen molar-refractivity contribution in [1.29, 1.82) is 0 Å². The third kappa shape index (κ3) is 7.13. The summed E-state index contributed by atoms with van der Waals surface area (Å²) in [6, 6.07) is 1.86. The quantitative estimate of drug-likeness (QED) is 0.233. The Labute approximate surface area is 209 Å². The molecule has 2 unspecified atom stereocenters. The van der Waals surface area contributed by atoms with Crippen LogP contribution in [0.25, 0.3) is 0 Å². The molecule has 4 rings (SSSR count). The highest BCUT2D eigenvalue weighted by Crippen LogP contribution is 2.21. The van der Waals surface area contributed by atoms with Crippen LogP contribution in [0.2, 0.25) is 0 Å². The lowest BCUT2D eigenvalue weighted by atomic mass is 10.1. The molecule has 180 valence electrons. The number of piperazine rings is 1. The molecule has 2 atom stereocenters. The third-order valence-corrected chi connectivity index (χ3v) is 6.21. The van der Waals surface area contributed by atoms with Gasteiger partial charge in [-0.3, -0.25) is 9.89 Å². The number of ether oxygens (including phenoxy) is 2. The minimum absolute atomic E-state index is 0. The molecule has 1 aromatic heterocycles. The highest BCUT2D eigenvalue weighted by atomic mass is 127. The fourth-order valence-electron chi connectivity index (χ4n) is 4.52. The van der Waals surface area contributed by atoms with Crippen molar-refractivity contribution in [3.05, 3.63) is 18.5 Å². The van der Waals surface area contributed by atoms with Gasteiger partial charge >= 0.3 is 0 Å². The van der Waals surface area contributed by atoms with Crippen molar-refractivity contribution in [2.45, 2.75) is 38.4 Å². The van der Waals surface area contributed by atoms with Gasteiger partial charge in [-0.05, 0) is 32.3 Å². The monoisotopic (exact) mass is 559 g/mol. The summed E-state index contributed by atoms with van der Waals surface area (Å²) in [5.41, 5.74) is 0. The summed E-state index contributed by atoms with van der Waals surface area (Å²) in [5, 5.41) is 3.47. The van der Waals surface area contributed by atoms with E-state index in [9.17, 15) is 0 Å². The molecule has 9 nitrogen and oxygen atoms in total. The zero-order valence-corrected chi connectivity index (χ0v) is 21.5. The third-order valence-electron chi connectivity index (χ3n) is 6.21. The van der Waals surface area contributed by atoms with Gasteiger partial charge in [-0.15, -0.1) is 24.0 Å². The Hall–Kier alpha value is -1.24. The summed E-state index contributed by atoms with van der Waals surface area (Å²) >= 11 is 0. The number of guanidine groups is 1. The van der Waals surface area contributed by atoms with Gasteiger partial charge in [-0.25, -0.2) is 9.97 Å². The van der Waals surface area contributed by atoms with Crippen LogP contribution in [0.4, 0.5) is 5.95 Å². The van der Waals surface area contributed by atoms with Crippen LogP contribution in [0.3, 0.4) is 0 Å². The highest BCUT2D eigenvalue weighted by Gasteiger charge is 2.32. The van der Waals surface area contributed by atoms with Gasteiger partial charge < -0.3 is 24.6 Å². The van der Waals surface area contributed by atoms with E-state index in [1.165, 1.54) is 0 Å². The van der Waals surface area contributed by atoms with E-state index in [4.69, 9.17) is 14.5 Å². The van der Waals surface area contributed by atoms with Crippen molar-refractivity contribution in [1.82, 2.24) is 25.1 Å². The second-order valence-electron chi connectivity index (χ2n) is 8.37. The van der Waals surface area contributed by atoms with Crippen molar-refractivity contribution in [3.8, 4) is 0 Å². The van der Waals surface area contributed by atoms with Crippen molar-refractivity contribution in [2.24, 2.45) is 4.99 Å². The van der Waals surface area contributed by atoms with Crippen molar-refractivity contribution in [3.63, 3.8) is 0 Å². The maximum atomic E-state index is 6.00. The zero-order chi connectivity index (χ0) is 21.3. The summed E-state index contributed by atoms with van der Waals surface area (Å²) in [6.07, 6.45) is 7.34. The van der Waals surface area contributed by atoms with Crippen LogP contribution in [-0.4, -0.2) is 110 Å². The molecule has 3 fully saturated rings. The molecule has 0 aliphatic carbocycles. The van der Waals surface area contributed by atoms with E-state index in [1.54, 1.807) is 0 Å². The summed E-state index contributed by atoms with van der Waals surface area (Å²) in [6.45, 7) is 12.3. The molecule has 32 heavy (non-hydrogen) atoms. The van der Waals surface area contributed by atoms with Crippen molar-refractivity contribution in [2.75, 3.05) is 77.0 Å². The maximum absolute atomic E-state index is 6.00. The first-order valence-corrected chi connectivity index (χ1v) is 11.8. The van der Waals surface area contributed by atoms with E-state index in [0.29, 0.717) is 0 Å². The molecule has 0 amide bonds. The van der Waals surface area contributed by atoms with Gasteiger partial charge in [-0.2, -0.15) is 0 Å². The van der Waals surface area contributed by atoms with Crippen molar-refractivity contribution < 1.29 is 9.47 Å². The number of rotatable bonds is 7. The second kappa shape index (κ2) is 13.5. The Morgan fingerprint density at radius 1 is 1.09 bits per heavy atom. The van der Waals surface area contributed by atoms with Crippen molar-refractivity contribution >= 4 is 35.9 Å². The largest absolute Gasteiger partial charge is 0.375 e. The predicted octanol–water partition coefficient (Wildman–Crippen LogP) is 1.45. The summed E-state index contributed by atoms with van der Waals surface area (Å²) in [5.74, 6) is 1.86. The Bertz CT molecular complexity index is 682. The molecule has 10 heteroatoms. The van der Waals surface area contributed by atoms with Gasteiger partial charge in [0.15, 0.2) is 5.96 Å². The van der Waals surface area contributed by atoms with E-state index < -0.39 is 0 Å². The number of nitrogens with zero attached hydrogens (tertiary/aromatic N) is 6. The van der Waals surface area contributed by atoms with Crippen LogP contribution in [0, 0.1) is 0 Å². The number of hydrogen-bond acceptors (Lipinski definition) is 7. The summed E-state index contributed by atoms with van der Waals surface area (Å²) < 4.78 is 11.9. The van der Waals surface area contributed by atoms with Gasteiger partial charge in [0.2, 0.25) is 5.95 Å². The number of nitrogens with one attached hydrogen (secondary N) is 1. The molecule has 3 saturated heterocycles. The zero-order valence-electron chi connectivity index (χ0n) is 19.2. The molecule has 3 aliphatic rings. The summed E-state index contributed by atoms with van der Waals surface area (Å²) in [4.78, 5) is 20.8. The van der Waals surface area contributed by atoms with Crippen LogP contribution < -0.4 is 10.2 Å².